The third-order valence-electron chi connectivity index (χ3n) is 4.70. The Bertz CT molecular complexity index is 526. The highest BCUT2D eigenvalue weighted by atomic mass is 16.5. The lowest BCUT2D eigenvalue weighted by atomic mass is 9.90. The minimum Gasteiger partial charge on any atom is -0.398 e. The third kappa shape index (κ3) is 3.47. The van der Waals surface area contributed by atoms with E-state index in [2.05, 4.69) is 4.90 Å². The van der Waals surface area contributed by atoms with Gasteiger partial charge in [0.2, 0.25) is 0 Å². The Morgan fingerprint density at radius 3 is 3.00 bits per heavy atom. The Labute approximate surface area is 125 Å². The minimum atomic E-state index is 0.0294. The number of nitrogens with two attached hydrogens (primary N) is 1. The second kappa shape index (κ2) is 6.62. The smallest absolute Gasteiger partial charge is 0.250 e. The van der Waals surface area contributed by atoms with E-state index in [0.29, 0.717) is 17.8 Å². The van der Waals surface area contributed by atoms with Crippen LogP contribution in [-0.2, 0) is 11.3 Å². The molecular formula is C16H25N3O2. The van der Waals surface area contributed by atoms with Gasteiger partial charge in [-0.2, -0.15) is 0 Å². The van der Waals surface area contributed by atoms with Gasteiger partial charge in [-0.25, -0.2) is 0 Å². The summed E-state index contributed by atoms with van der Waals surface area (Å²) in [6, 6.07) is 3.79. The van der Waals surface area contributed by atoms with Gasteiger partial charge in [0.05, 0.1) is 12.7 Å². The summed E-state index contributed by atoms with van der Waals surface area (Å²) in [7, 11) is 0. The molecule has 1 aliphatic carbocycles. The summed E-state index contributed by atoms with van der Waals surface area (Å²) in [5.41, 5.74) is 6.42. The topological polar surface area (TPSA) is 60.5 Å². The molecule has 21 heavy (non-hydrogen) atoms. The summed E-state index contributed by atoms with van der Waals surface area (Å²) >= 11 is 0. The molecule has 5 nitrogen and oxygen atoms in total. The highest BCUT2D eigenvalue weighted by molar-refractivity contribution is 5.33. The first kappa shape index (κ1) is 14.6. The van der Waals surface area contributed by atoms with Crippen LogP contribution in [0.4, 0.5) is 5.69 Å². The number of aromatic nitrogens is 1. The predicted octanol–water partition coefficient (Wildman–Crippen LogP) is 1.46. The van der Waals surface area contributed by atoms with E-state index < -0.39 is 0 Å². The maximum Gasteiger partial charge on any atom is 0.250 e. The molecule has 2 aliphatic rings. The molecule has 0 amide bonds. The van der Waals surface area contributed by atoms with Gasteiger partial charge in [0.1, 0.15) is 0 Å². The number of anilines is 1. The second-order valence-electron chi connectivity index (χ2n) is 6.14. The molecule has 0 aromatic carbocycles. The molecule has 2 unspecified atom stereocenters. The van der Waals surface area contributed by atoms with E-state index in [-0.39, 0.29) is 5.56 Å². The maximum atomic E-state index is 11.8. The van der Waals surface area contributed by atoms with Crippen LogP contribution in [-0.4, -0.2) is 41.3 Å². The zero-order chi connectivity index (χ0) is 14.7. The summed E-state index contributed by atoms with van der Waals surface area (Å²) in [6.45, 7) is 3.64. The average Bonchev–Trinajstić information content (AvgIpc) is 2.51. The quantitative estimate of drug-likeness (QED) is 0.912. The largest absolute Gasteiger partial charge is 0.398 e. The summed E-state index contributed by atoms with van der Waals surface area (Å²) in [5, 5.41) is 0. The lowest BCUT2D eigenvalue weighted by Crippen LogP contribution is -2.52. The zero-order valence-corrected chi connectivity index (χ0v) is 12.5. The molecule has 0 radical (unpaired) electrons. The standard InChI is InChI=1S/C16H25N3O2/c17-13-6-7-16(20)19(12-13)9-3-8-18-10-11-21-15-5-2-1-4-14(15)18/h6-7,12,14-15H,1-5,8-11,17H2. The van der Waals surface area contributed by atoms with Crippen LogP contribution in [0.1, 0.15) is 32.1 Å². The number of nitrogens with zero attached hydrogens (tertiary/aromatic N) is 2. The van der Waals surface area contributed by atoms with Crippen molar-refractivity contribution in [2.24, 2.45) is 0 Å². The second-order valence-corrected chi connectivity index (χ2v) is 6.14. The lowest BCUT2D eigenvalue weighted by molar-refractivity contribution is -0.0883. The lowest BCUT2D eigenvalue weighted by Gasteiger charge is -2.43. The van der Waals surface area contributed by atoms with E-state index in [9.17, 15) is 4.79 Å². The van der Waals surface area contributed by atoms with Crippen molar-refractivity contribution < 1.29 is 4.74 Å². The molecule has 1 aromatic heterocycles. The maximum absolute atomic E-state index is 11.8. The number of aryl methyl sites for hydroxylation is 1. The van der Waals surface area contributed by atoms with Gasteiger partial charge in [-0.15, -0.1) is 0 Å². The Balaban J connectivity index is 1.54. The van der Waals surface area contributed by atoms with Gasteiger partial charge in [0.25, 0.3) is 5.56 Å². The van der Waals surface area contributed by atoms with Crippen molar-refractivity contribution in [2.45, 2.75) is 50.8 Å². The van der Waals surface area contributed by atoms with Gasteiger partial charge in [-0.1, -0.05) is 12.8 Å². The summed E-state index contributed by atoms with van der Waals surface area (Å²) < 4.78 is 7.61. The van der Waals surface area contributed by atoms with Crippen molar-refractivity contribution in [3.63, 3.8) is 0 Å². The molecule has 1 aliphatic heterocycles. The monoisotopic (exact) mass is 291 g/mol. The first-order valence-corrected chi connectivity index (χ1v) is 8.06. The van der Waals surface area contributed by atoms with Crippen molar-refractivity contribution in [3.8, 4) is 0 Å². The molecule has 1 saturated heterocycles. The zero-order valence-electron chi connectivity index (χ0n) is 12.5. The Morgan fingerprint density at radius 2 is 2.10 bits per heavy atom. The highest BCUT2D eigenvalue weighted by Gasteiger charge is 2.33. The van der Waals surface area contributed by atoms with Crippen LogP contribution >= 0.6 is 0 Å². The first-order chi connectivity index (χ1) is 10.2. The van der Waals surface area contributed by atoms with Crippen LogP contribution in [0.15, 0.2) is 23.1 Å². The van der Waals surface area contributed by atoms with E-state index in [1.165, 1.54) is 25.7 Å². The van der Waals surface area contributed by atoms with E-state index >= 15 is 0 Å². The Morgan fingerprint density at radius 1 is 1.24 bits per heavy atom. The van der Waals surface area contributed by atoms with Crippen molar-refractivity contribution in [1.29, 1.82) is 0 Å². The molecule has 5 heteroatoms. The molecular weight excluding hydrogens is 266 g/mol. The fourth-order valence-electron chi connectivity index (χ4n) is 3.62. The molecule has 116 valence electrons. The highest BCUT2D eigenvalue weighted by Crippen LogP contribution is 2.28. The first-order valence-electron chi connectivity index (χ1n) is 8.06. The molecule has 1 aromatic rings. The minimum absolute atomic E-state index is 0.0294. The van der Waals surface area contributed by atoms with Crippen LogP contribution in [0.5, 0.6) is 0 Å². The van der Waals surface area contributed by atoms with Crippen LogP contribution in [0, 0.1) is 0 Å². The SMILES string of the molecule is Nc1ccc(=O)n(CCCN2CCOC3CCCCC32)c1. The summed E-state index contributed by atoms with van der Waals surface area (Å²) in [6.07, 6.45) is 8.22. The van der Waals surface area contributed by atoms with Crippen LogP contribution in [0.2, 0.25) is 0 Å². The number of pyridine rings is 1. The predicted molar refractivity (Wildman–Crippen MR) is 83.3 cm³/mol. The number of morpholine rings is 1. The molecule has 2 heterocycles. The van der Waals surface area contributed by atoms with Crippen molar-refractivity contribution in [3.05, 3.63) is 28.7 Å². The Hall–Kier alpha value is -1.33. The molecule has 3 rings (SSSR count). The van der Waals surface area contributed by atoms with Crippen molar-refractivity contribution in [2.75, 3.05) is 25.4 Å². The fraction of sp³-hybridized carbons (Fsp3) is 0.688. The number of hydrogen-bond donors (Lipinski definition) is 1. The molecule has 1 saturated carbocycles. The normalized spacial score (nSPS) is 26.5. The fourth-order valence-corrected chi connectivity index (χ4v) is 3.62. The van der Waals surface area contributed by atoms with Gasteiger partial charge < -0.3 is 15.0 Å². The molecule has 2 N–H and O–H groups in total. The van der Waals surface area contributed by atoms with Crippen molar-refractivity contribution >= 4 is 5.69 Å². The van der Waals surface area contributed by atoms with Crippen molar-refractivity contribution in [1.82, 2.24) is 9.47 Å². The van der Waals surface area contributed by atoms with Gasteiger partial charge in [0, 0.05) is 43.6 Å². The third-order valence-corrected chi connectivity index (χ3v) is 4.70. The summed E-state index contributed by atoms with van der Waals surface area (Å²) in [4.78, 5) is 14.3. The van der Waals surface area contributed by atoms with Gasteiger partial charge in [-0.3, -0.25) is 9.69 Å². The summed E-state index contributed by atoms with van der Waals surface area (Å²) in [5.74, 6) is 0. The van der Waals surface area contributed by atoms with E-state index in [4.69, 9.17) is 10.5 Å². The van der Waals surface area contributed by atoms with Crippen LogP contribution in [0.25, 0.3) is 0 Å². The number of ether oxygens (including phenoxy) is 1. The number of rotatable bonds is 4. The molecule has 2 fully saturated rings. The molecule has 0 spiro atoms. The average molecular weight is 291 g/mol. The number of fused-ring (bicyclic) bond motifs is 1. The van der Waals surface area contributed by atoms with Gasteiger partial charge in [0.15, 0.2) is 0 Å². The van der Waals surface area contributed by atoms with Gasteiger partial charge in [-0.05, 0) is 25.3 Å². The number of hydrogen-bond acceptors (Lipinski definition) is 4. The number of nitrogen functional groups attached to an aromatic ring is 1. The van der Waals surface area contributed by atoms with Gasteiger partial charge >= 0.3 is 0 Å². The van der Waals surface area contributed by atoms with Crippen LogP contribution in [0.3, 0.4) is 0 Å². The Kier molecular flexibility index (Phi) is 4.60. The van der Waals surface area contributed by atoms with E-state index in [1.807, 2.05) is 0 Å². The molecule has 2 atom stereocenters. The molecule has 0 bridgehead atoms. The van der Waals surface area contributed by atoms with E-state index in [0.717, 1.165) is 32.7 Å². The van der Waals surface area contributed by atoms with Crippen LogP contribution < -0.4 is 11.3 Å². The van der Waals surface area contributed by atoms with E-state index in [1.54, 1.807) is 22.9 Å².